The second-order valence-corrected chi connectivity index (χ2v) is 5.07. The summed E-state index contributed by atoms with van der Waals surface area (Å²) in [5.41, 5.74) is 0.793. The van der Waals surface area contributed by atoms with E-state index in [0.717, 1.165) is 12.8 Å². The van der Waals surface area contributed by atoms with Gasteiger partial charge in [-0.2, -0.15) is 0 Å². The minimum Gasteiger partial charge on any atom is -0.376 e. The number of benzene rings is 1. The molecule has 2 heterocycles. The summed E-state index contributed by atoms with van der Waals surface area (Å²) < 4.78 is 18.6. The Morgan fingerprint density at radius 1 is 1.43 bits per heavy atom. The molecule has 1 aliphatic heterocycles. The Hall–Kier alpha value is -2.21. The van der Waals surface area contributed by atoms with Crippen molar-refractivity contribution in [3.63, 3.8) is 0 Å². The number of carbonyl (C=O) groups is 2. The number of hydrogen-bond donors (Lipinski definition) is 2. The fourth-order valence-electron chi connectivity index (χ4n) is 2.50. The highest BCUT2D eigenvalue weighted by Gasteiger charge is 2.22. The van der Waals surface area contributed by atoms with Gasteiger partial charge in [0, 0.05) is 30.3 Å². The lowest BCUT2D eigenvalue weighted by Gasteiger charge is -2.09. The SMILES string of the molecule is O=C(NCC1CCCO1)C(=O)c1c[nH]c2ccc(F)cc12. The van der Waals surface area contributed by atoms with Crippen LogP contribution in [-0.2, 0) is 9.53 Å². The van der Waals surface area contributed by atoms with Gasteiger partial charge in [-0.1, -0.05) is 0 Å². The number of nitrogens with one attached hydrogen (secondary N) is 2. The molecule has 1 aromatic heterocycles. The zero-order valence-electron chi connectivity index (χ0n) is 11.3. The van der Waals surface area contributed by atoms with Crippen molar-refractivity contribution in [1.82, 2.24) is 10.3 Å². The Kier molecular flexibility index (Phi) is 3.70. The minimum atomic E-state index is -0.698. The van der Waals surface area contributed by atoms with Crippen LogP contribution in [-0.4, -0.2) is 35.9 Å². The van der Waals surface area contributed by atoms with Crippen molar-refractivity contribution in [2.45, 2.75) is 18.9 Å². The van der Waals surface area contributed by atoms with E-state index in [1.54, 1.807) is 0 Å². The molecule has 0 bridgehead atoms. The molecule has 0 spiro atoms. The normalized spacial score (nSPS) is 18.0. The number of ether oxygens (including phenoxy) is 1. The van der Waals surface area contributed by atoms with Crippen LogP contribution in [0.3, 0.4) is 0 Å². The quantitative estimate of drug-likeness (QED) is 0.666. The van der Waals surface area contributed by atoms with Gasteiger partial charge in [0.1, 0.15) is 5.82 Å². The van der Waals surface area contributed by atoms with Gasteiger partial charge in [-0.05, 0) is 31.0 Å². The Morgan fingerprint density at radius 2 is 2.29 bits per heavy atom. The van der Waals surface area contributed by atoms with Gasteiger partial charge in [0.05, 0.1) is 11.7 Å². The summed E-state index contributed by atoms with van der Waals surface area (Å²) in [5, 5.41) is 2.98. The largest absolute Gasteiger partial charge is 0.376 e. The number of H-pyrrole nitrogens is 1. The lowest BCUT2D eigenvalue weighted by molar-refractivity contribution is -0.117. The average Bonchev–Trinajstić information content (AvgIpc) is 3.12. The molecule has 5 nitrogen and oxygen atoms in total. The standard InChI is InChI=1S/C15H15FN2O3/c16-9-3-4-13-11(6-9)12(8-17-13)14(19)15(20)18-7-10-2-1-5-21-10/h3-4,6,8,10,17H,1-2,5,7H2,(H,18,20). The lowest BCUT2D eigenvalue weighted by Crippen LogP contribution is -2.36. The highest BCUT2D eigenvalue weighted by molar-refractivity contribution is 6.44. The smallest absolute Gasteiger partial charge is 0.292 e. The van der Waals surface area contributed by atoms with Gasteiger partial charge in [-0.25, -0.2) is 4.39 Å². The number of ketones is 1. The van der Waals surface area contributed by atoms with E-state index in [1.165, 1.54) is 24.4 Å². The molecule has 1 unspecified atom stereocenters. The van der Waals surface area contributed by atoms with Gasteiger partial charge in [0.15, 0.2) is 0 Å². The molecule has 1 fully saturated rings. The number of Topliss-reactive ketones (excluding diaryl/α,β-unsaturated/α-hetero) is 1. The Bertz CT molecular complexity index is 689. The van der Waals surface area contributed by atoms with Crippen molar-refractivity contribution in [2.75, 3.05) is 13.2 Å². The predicted octanol–water partition coefficient (Wildman–Crippen LogP) is 1.78. The maximum Gasteiger partial charge on any atom is 0.292 e. The van der Waals surface area contributed by atoms with E-state index in [1.807, 2.05) is 0 Å². The van der Waals surface area contributed by atoms with Crippen LogP contribution in [0.25, 0.3) is 10.9 Å². The number of halogens is 1. The Balaban J connectivity index is 1.73. The van der Waals surface area contributed by atoms with Gasteiger partial charge < -0.3 is 15.0 Å². The zero-order chi connectivity index (χ0) is 14.8. The molecule has 0 saturated carbocycles. The molecular weight excluding hydrogens is 275 g/mol. The monoisotopic (exact) mass is 290 g/mol. The van der Waals surface area contributed by atoms with Crippen molar-refractivity contribution in [3.8, 4) is 0 Å². The lowest BCUT2D eigenvalue weighted by atomic mass is 10.1. The van der Waals surface area contributed by atoms with E-state index in [4.69, 9.17) is 4.74 Å². The number of aromatic amines is 1. The predicted molar refractivity (Wildman–Crippen MR) is 74.6 cm³/mol. The molecule has 21 heavy (non-hydrogen) atoms. The van der Waals surface area contributed by atoms with Crippen LogP contribution >= 0.6 is 0 Å². The molecule has 110 valence electrons. The summed E-state index contributed by atoms with van der Waals surface area (Å²) in [5.74, 6) is -1.82. The van der Waals surface area contributed by atoms with Gasteiger partial charge in [0.25, 0.3) is 11.7 Å². The van der Waals surface area contributed by atoms with Gasteiger partial charge in [-0.15, -0.1) is 0 Å². The summed E-state index contributed by atoms with van der Waals surface area (Å²) >= 11 is 0. The Morgan fingerprint density at radius 3 is 3.05 bits per heavy atom. The van der Waals surface area contributed by atoms with Crippen LogP contribution < -0.4 is 5.32 Å². The summed E-state index contributed by atoms with van der Waals surface area (Å²) in [6.45, 7) is 1.01. The summed E-state index contributed by atoms with van der Waals surface area (Å²) in [7, 11) is 0. The van der Waals surface area contributed by atoms with Crippen molar-refractivity contribution in [3.05, 3.63) is 35.8 Å². The third kappa shape index (κ3) is 2.80. The number of amides is 1. The van der Waals surface area contributed by atoms with Crippen molar-refractivity contribution >= 4 is 22.6 Å². The fraction of sp³-hybridized carbons (Fsp3) is 0.333. The number of rotatable bonds is 4. The molecule has 3 rings (SSSR count). The maximum atomic E-state index is 13.3. The van der Waals surface area contributed by atoms with Crippen molar-refractivity contribution in [2.24, 2.45) is 0 Å². The summed E-state index contributed by atoms with van der Waals surface area (Å²) in [6, 6.07) is 4.07. The third-order valence-electron chi connectivity index (χ3n) is 3.61. The highest BCUT2D eigenvalue weighted by Crippen LogP contribution is 2.20. The molecule has 1 amide bonds. The number of fused-ring (bicyclic) bond motifs is 1. The summed E-state index contributed by atoms with van der Waals surface area (Å²) in [6.07, 6.45) is 3.25. The van der Waals surface area contributed by atoms with Crippen LogP contribution in [0.4, 0.5) is 4.39 Å². The molecule has 1 aromatic carbocycles. The van der Waals surface area contributed by atoms with Gasteiger partial charge in [-0.3, -0.25) is 9.59 Å². The zero-order valence-corrected chi connectivity index (χ0v) is 11.3. The average molecular weight is 290 g/mol. The highest BCUT2D eigenvalue weighted by atomic mass is 19.1. The topological polar surface area (TPSA) is 71.2 Å². The van der Waals surface area contributed by atoms with E-state index >= 15 is 0 Å². The van der Waals surface area contributed by atoms with Crippen LogP contribution in [0.1, 0.15) is 23.2 Å². The maximum absolute atomic E-state index is 13.3. The van der Waals surface area contributed by atoms with E-state index in [0.29, 0.717) is 24.1 Å². The first-order chi connectivity index (χ1) is 10.1. The van der Waals surface area contributed by atoms with Gasteiger partial charge >= 0.3 is 0 Å². The first kappa shape index (κ1) is 13.8. The number of carbonyl (C=O) groups excluding carboxylic acids is 2. The molecule has 2 N–H and O–H groups in total. The first-order valence-electron chi connectivity index (χ1n) is 6.86. The number of aromatic nitrogens is 1. The molecule has 0 radical (unpaired) electrons. The minimum absolute atomic E-state index is 0.0258. The number of hydrogen-bond acceptors (Lipinski definition) is 3. The van der Waals surface area contributed by atoms with Crippen LogP contribution in [0.5, 0.6) is 0 Å². The van der Waals surface area contributed by atoms with E-state index < -0.39 is 17.5 Å². The molecular formula is C15H15FN2O3. The first-order valence-corrected chi connectivity index (χ1v) is 6.86. The molecule has 1 aliphatic rings. The second kappa shape index (κ2) is 5.65. The molecule has 1 atom stereocenters. The van der Waals surface area contributed by atoms with E-state index in [9.17, 15) is 14.0 Å². The van der Waals surface area contributed by atoms with Crippen molar-refractivity contribution < 1.29 is 18.7 Å². The fourth-order valence-corrected chi connectivity index (χ4v) is 2.50. The van der Waals surface area contributed by atoms with E-state index in [-0.39, 0.29) is 11.7 Å². The molecule has 0 aliphatic carbocycles. The molecule has 6 heteroatoms. The van der Waals surface area contributed by atoms with Crippen molar-refractivity contribution in [1.29, 1.82) is 0 Å². The second-order valence-electron chi connectivity index (χ2n) is 5.07. The van der Waals surface area contributed by atoms with Gasteiger partial charge in [0.2, 0.25) is 0 Å². The van der Waals surface area contributed by atoms with Crippen LogP contribution in [0.2, 0.25) is 0 Å². The summed E-state index contributed by atoms with van der Waals surface area (Å²) in [4.78, 5) is 26.9. The molecule has 2 aromatic rings. The van der Waals surface area contributed by atoms with E-state index in [2.05, 4.69) is 10.3 Å². The van der Waals surface area contributed by atoms with Crippen LogP contribution in [0, 0.1) is 5.82 Å². The van der Waals surface area contributed by atoms with Crippen LogP contribution in [0.15, 0.2) is 24.4 Å². The molecule has 1 saturated heterocycles. The Labute approximate surface area is 120 Å². The third-order valence-corrected chi connectivity index (χ3v) is 3.61.